The zero-order chi connectivity index (χ0) is 26.9. The zero-order valence-electron chi connectivity index (χ0n) is 21.4. The van der Waals surface area contributed by atoms with Crippen LogP contribution in [-0.2, 0) is 15.6 Å². The van der Waals surface area contributed by atoms with Crippen LogP contribution in [0, 0.1) is 11.3 Å². The molecule has 5 rings (SSSR count). The number of rotatable bonds is 8. The number of hydrogen-bond donors (Lipinski definition) is 1. The summed E-state index contributed by atoms with van der Waals surface area (Å²) >= 11 is 0. The van der Waals surface area contributed by atoms with Crippen molar-refractivity contribution >= 4 is 27.6 Å². The van der Waals surface area contributed by atoms with Crippen LogP contribution < -0.4 is 5.32 Å². The fourth-order valence-electron chi connectivity index (χ4n) is 4.75. The minimum absolute atomic E-state index is 0.0730. The normalized spacial score (nSPS) is 17.5. The van der Waals surface area contributed by atoms with Gasteiger partial charge in [0.2, 0.25) is 16.0 Å². The van der Waals surface area contributed by atoms with Gasteiger partial charge < -0.3 is 10.2 Å². The topological polar surface area (TPSA) is 137 Å². The summed E-state index contributed by atoms with van der Waals surface area (Å²) in [7, 11) is 0.181. The van der Waals surface area contributed by atoms with E-state index in [0.29, 0.717) is 43.1 Å². The Balaban J connectivity index is 1.31. The molecule has 11 nitrogen and oxygen atoms in total. The Labute approximate surface area is 222 Å². The molecule has 1 aliphatic heterocycles. The number of amides is 1. The molecule has 38 heavy (non-hydrogen) atoms. The molecule has 1 N–H and O–H groups in total. The average molecular weight is 535 g/mol. The number of hydrogen-bond acceptors (Lipinski definition) is 8. The van der Waals surface area contributed by atoms with Gasteiger partial charge >= 0.3 is 0 Å². The van der Waals surface area contributed by atoms with Crippen LogP contribution in [0.1, 0.15) is 42.5 Å². The number of nitriles is 1. The Kier molecular flexibility index (Phi) is 6.90. The lowest BCUT2D eigenvalue weighted by atomic mass is 9.85. The van der Waals surface area contributed by atoms with E-state index in [9.17, 15) is 18.5 Å². The van der Waals surface area contributed by atoms with E-state index in [1.807, 2.05) is 10.9 Å². The third kappa shape index (κ3) is 5.12. The fourth-order valence-corrected chi connectivity index (χ4v) is 6.59. The van der Waals surface area contributed by atoms with Crippen LogP contribution >= 0.6 is 0 Å². The first-order chi connectivity index (χ1) is 18.2. The van der Waals surface area contributed by atoms with Crippen LogP contribution in [0.4, 0.5) is 11.6 Å². The molecule has 0 unspecified atom stereocenters. The molecule has 2 aliphatic rings. The van der Waals surface area contributed by atoms with E-state index in [1.54, 1.807) is 61.1 Å². The van der Waals surface area contributed by atoms with Gasteiger partial charge in [0.05, 0.1) is 35.2 Å². The van der Waals surface area contributed by atoms with Crippen molar-refractivity contribution in [1.82, 2.24) is 29.0 Å². The Hall–Kier alpha value is -3.82. The maximum Gasteiger partial charge on any atom is 0.253 e. The molecule has 0 atom stereocenters. The van der Waals surface area contributed by atoms with Gasteiger partial charge in [0, 0.05) is 56.4 Å². The molecule has 0 radical (unpaired) electrons. The maximum atomic E-state index is 12.7. The third-order valence-corrected chi connectivity index (χ3v) is 9.58. The van der Waals surface area contributed by atoms with Crippen LogP contribution in [0.2, 0.25) is 0 Å². The second kappa shape index (κ2) is 10.2. The molecule has 3 heterocycles. The molecule has 1 aromatic carbocycles. The van der Waals surface area contributed by atoms with Gasteiger partial charge in [-0.15, -0.1) is 0 Å². The predicted molar refractivity (Wildman–Crippen MR) is 142 cm³/mol. The highest BCUT2D eigenvalue weighted by Crippen LogP contribution is 2.38. The molecule has 3 aromatic rings. The highest BCUT2D eigenvalue weighted by Gasteiger charge is 2.45. The van der Waals surface area contributed by atoms with Gasteiger partial charge in [-0.3, -0.25) is 9.48 Å². The van der Waals surface area contributed by atoms with Crippen molar-refractivity contribution in [2.75, 3.05) is 32.5 Å². The lowest BCUT2D eigenvalue weighted by molar-refractivity contribution is 0.0827. The molecule has 2 aromatic heterocycles. The van der Waals surface area contributed by atoms with E-state index < -0.39 is 15.6 Å². The predicted octanol–water partition coefficient (Wildman–Crippen LogP) is 2.98. The van der Waals surface area contributed by atoms with E-state index in [-0.39, 0.29) is 17.6 Å². The van der Waals surface area contributed by atoms with Gasteiger partial charge in [-0.05, 0) is 56.0 Å². The summed E-state index contributed by atoms with van der Waals surface area (Å²) in [5, 5.41) is 17.1. The van der Waals surface area contributed by atoms with E-state index in [0.717, 1.165) is 24.1 Å². The van der Waals surface area contributed by atoms with Crippen molar-refractivity contribution in [3.05, 3.63) is 54.5 Å². The van der Waals surface area contributed by atoms with Gasteiger partial charge in [-0.1, -0.05) is 0 Å². The van der Waals surface area contributed by atoms with E-state index in [4.69, 9.17) is 0 Å². The summed E-state index contributed by atoms with van der Waals surface area (Å²) in [6.45, 7) is 0.770. The SMILES string of the molecule is CN(C)C(=O)c1ccc(Nc2nccc(-c3cnn(C4(CC#N)CCN(S(=O)(=O)C5CC5)CC4)c3)n2)cc1. The van der Waals surface area contributed by atoms with Crippen LogP contribution in [0.5, 0.6) is 0 Å². The molecular formula is C26H30N8O3S. The Morgan fingerprint density at radius 2 is 1.89 bits per heavy atom. The van der Waals surface area contributed by atoms with Crippen molar-refractivity contribution in [2.45, 2.75) is 42.9 Å². The Bertz CT molecular complexity index is 1460. The number of aromatic nitrogens is 4. The molecule has 1 aliphatic carbocycles. The van der Waals surface area contributed by atoms with Gasteiger partial charge in [0.15, 0.2) is 0 Å². The first kappa shape index (κ1) is 25.8. The zero-order valence-corrected chi connectivity index (χ0v) is 22.2. The molecule has 0 spiro atoms. The van der Waals surface area contributed by atoms with Gasteiger partial charge in [0.25, 0.3) is 5.91 Å². The highest BCUT2D eigenvalue weighted by atomic mass is 32.2. The average Bonchev–Trinajstić information content (AvgIpc) is 3.66. The van der Waals surface area contributed by atoms with Crippen molar-refractivity contribution < 1.29 is 13.2 Å². The molecular weight excluding hydrogens is 504 g/mol. The molecule has 1 saturated carbocycles. The van der Waals surface area contributed by atoms with Crippen molar-refractivity contribution in [2.24, 2.45) is 0 Å². The molecule has 12 heteroatoms. The van der Waals surface area contributed by atoms with Crippen LogP contribution in [0.25, 0.3) is 11.3 Å². The molecule has 198 valence electrons. The summed E-state index contributed by atoms with van der Waals surface area (Å²) in [4.78, 5) is 22.6. The largest absolute Gasteiger partial charge is 0.345 e. The summed E-state index contributed by atoms with van der Waals surface area (Å²) in [5.74, 6) is 0.323. The maximum absolute atomic E-state index is 12.7. The second-order valence-corrected chi connectivity index (χ2v) is 12.3. The summed E-state index contributed by atoms with van der Waals surface area (Å²) in [5.41, 5.74) is 2.20. The standard InChI is InChI=1S/C26H30N8O3S/c1-32(2)24(35)19-3-5-21(6-4-19)30-25-28-14-9-23(31-25)20-17-29-34(18-20)26(10-13-27)11-15-33(16-12-26)38(36,37)22-7-8-22/h3-6,9,14,17-18,22H,7-8,10-12,15-16H2,1-2H3,(H,28,30,31). The number of nitrogens with zero attached hydrogens (tertiary/aromatic N) is 7. The van der Waals surface area contributed by atoms with E-state index in [1.165, 1.54) is 4.90 Å². The summed E-state index contributed by atoms with van der Waals surface area (Å²) in [6.07, 6.45) is 8.00. The summed E-state index contributed by atoms with van der Waals surface area (Å²) < 4.78 is 28.7. The number of piperidine rings is 1. The van der Waals surface area contributed by atoms with Gasteiger partial charge in [0.1, 0.15) is 0 Å². The number of sulfonamides is 1. The third-order valence-electron chi connectivity index (χ3n) is 7.18. The highest BCUT2D eigenvalue weighted by molar-refractivity contribution is 7.90. The van der Waals surface area contributed by atoms with Crippen LogP contribution in [-0.4, -0.2) is 75.7 Å². The second-order valence-electron chi connectivity index (χ2n) is 10.0. The smallest absolute Gasteiger partial charge is 0.253 e. The molecule has 1 saturated heterocycles. The minimum Gasteiger partial charge on any atom is -0.345 e. The van der Waals surface area contributed by atoms with Crippen molar-refractivity contribution in [3.8, 4) is 17.3 Å². The Morgan fingerprint density at radius 1 is 1.18 bits per heavy atom. The van der Waals surface area contributed by atoms with Crippen LogP contribution in [0.15, 0.2) is 48.9 Å². The van der Waals surface area contributed by atoms with E-state index >= 15 is 0 Å². The molecule has 2 fully saturated rings. The lowest BCUT2D eigenvalue weighted by Gasteiger charge is -2.40. The number of carbonyl (C=O) groups is 1. The number of benzene rings is 1. The van der Waals surface area contributed by atoms with E-state index in [2.05, 4.69) is 26.5 Å². The van der Waals surface area contributed by atoms with Gasteiger partial charge in [-0.2, -0.15) is 10.4 Å². The molecule has 1 amide bonds. The monoisotopic (exact) mass is 534 g/mol. The first-order valence-corrected chi connectivity index (χ1v) is 14.1. The Morgan fingerprint density at radius 3 is 2.53 bits per heavy atom. The van der Waals surface area contributed by atoms with Crippen molar-refractivity contribution in [1.29, 1.82) is 5.26 Å². The van der Waals surface area contributed by atoms with Gasteiger partial charge in [-0.25, -0.2) is 22.7 Å². The minimum atomic E-state index is -3.24. The fraction of sp³-hybridized carbons (Fsp3) is 0.423. The molecule has 0 bridgehead atoms. The number of nitrogens with one attached hydrogen (secondary N) is 1. The summed E-state index contributed by atoms with van der Waals surface area (Å²) in [6, 6.07) is 11.1. The quantitative estimate of drug-likeness (QED) is 0.466. The first-order valence-electron chi connectivity index (χ1n) is 12.6. The van der Waals surface area contributed by atoms with Crippen molar-refractivity contribution in [3.63, 3.8) is 0 Å². The number of anilines is 2. The van der Waals surface area contributed by atoms with Crippen LogP contribution in [0.3, 0.4) is 0 Å². The number of carbonyl (C=O) groups excluding carboxylic acids is 1. The lowest BCUT2D eigenvalue weighted by Crippen LogP contribution is -2.48.